The van der Waals surface area contributed by atoms with Crippen molar-refractivity contribution in [3.05, 3.63) is 0 Å². The van der Waals surface area contributed by atoms with Gasteiger partial charge in [-0.2, -0.15) is 0 Å². The van der Waals surface area contributed by atoms with Crippen LogP contribution in [0.15, 0.2) is 0 Å². The van der Waals surface area contributed by atoms with Crippen molar-refractivity contribution in [1.82, 2.24) is 10.2 Å². The van der Waals surface area contributed by atoms with E-state index in [1.54, 1.807) is 0 Å². The van der Waals surface area contributed by atoms with Crippen LogP contribution < -0.4 is 11.1 Å². The molecule has 21 heavy (non-hydrogen) atoms. The first-order valence-electron chi connectivity index (χ1n) is 8.72. The van der Waals surface area contributed by atoms with Crippen molar-refractivity contribution in [2.24, 2.45) is 17.6 Å². The van der Waals surface area contributed by atoms with Crippen molar-refractivity contribution in [1.29, 1.82) is 0 Å². The van der Waals surface area contributed by atoms with Crippen LogP contribution in [0.25, 0.3) is 0 Å². The Hall–Kier alpha value is -0.610. The average Bonchev–Trinajstić information content (AvgIpc) is 2.96. The van der Waals surface area contributed by atoms with E-state index in [0.29, 0.717) is 5.92 Å². The highest BCUT2D eigenvalue weighted by molar-refractivity contribution is 5.78. The highest BCUT2D eigenvalue weighted by atomic mass is 16.1. The first kappa shape index (κ1) is 16.8. The second-order valence-corrected chi connectivity index (χ2v) is 7.35. The lowest BCUT2D eigenvalue weighted by molar-refractivity contribution is -0.127. The van der Waals surface area contributed by atoms with Crippen LogP contribution in [0.4, 0.5) is 0 Å². The standard InChI is InChI=1S/C17H33N3O/c1-20(2)17(9-3-4-10-17)13-19-16(21)15-7-5-6-14(12-15)8-11-18/h14-15H,3-13,18H2,1-2H3,(H,19,21). The molecular formula is C17H33N3O. The topological polar surface area (TPSA) is 58.4 Å². The summed E-state index contributed by atoms with van der Waals surface area (Å²) in [7, 11) is 4.30. The number of rotatable bonds is 6. The Morgan fingerprint density at radius 2 is 1.95 bits per heavy atom. The largest absolute Gasteiger partial charge is 0.354 e. The molecule has 0 heterocycles. The van der Waals surface area contributed by atoms with Gasteiger partial charge >= 0.3 is 0 Å². The van der Waals surface area contributed by atoms with Gasteiger partial charge in [-0.1, -0.05) is 25.7 Å². The van der Waals surface area contributed by atoms with Crippen LogP contribution in [0.3, 0.4) is 0 Å². The van der Waals surface area contributed by atoms with Gasteiger partial charge in [-0.25, -0.2) is 0 Å². The van der Waals surface area contributed by atoms with Gasteiger partial charge in [-0.3, -0.25) is 4.79 Å². The molecule has 3 N–H and O–H groups in total. The summed E-state index contributed by atoms with van der Waals surface area (Å²) in [6, 6.07) is 0. The lowest BCUT2D eigenvalue weighted by Crippen LogP contribution is -2.51. The molecule has 0 saturated heterocycles. The molecule has 0 aromatic heterocycles. The number of nitrogens with two attached hydrogens (primary N) is 1. The molecule has 2 rings (SSSR count). The van der Waals surface area contributed by atoms with Crippen LogP contribution in [0.1, 0.15) is 57.8 Å². The highest BCUT2D eigenvalue weighted by Gasteiger charge is 2.37. The minimum Gasteiger partial charge on any atom is -0.354 e. The summed E-state index contributed by atoms with van der Waals surface area (Å²) >= 11 is 0. The summed E-state index contributed by atoms with van der Waals surface area (Å²) < 4.78 is 0. The van der Waals surface area contributed by atoms with Crippen LogP contribution in [-0.2, 0) is 4.79 Å². The molecule has 2 fully saturated rings. The Balaban J connectivity index is 1.83. The molecule has 2 aliphatic carbocycles. The Morgan fingerprint density at radius 3 is 2.57 bits per heavy atom. The van der Waals surface area contributed by atoms with Gasteiger partial charge in [-0.05, 0) is 58.7 Å². The maximum Gasteiger partial charge on any atom is 0.223 e. The second-order valence-electron chi connectivity index (χ2n) is 7.35. The summed E-state index contributed by atoms with van der Waals surface area (Å²) in [6.45, 7) is 1.57. The lowest BCUT2D eigenvalue weighted by Gasteiger charge is -2.37. The Kier molecular flexibility index (Phi) is 6.06. The molecule has 122 valence electrons. The maximum atomic E-state index is 12.5. The minimum absolute atomic E-state index is 0.195. The summed E-state index contributed by atoms with van der Waals surface area (Å²) in [5, 5.41) is 3.27. The number of nitrogens with zero attached hydrogens (tertiary/aromatic N) is 1. The third-order valence-corrected chi connectivity index (χ3v) is 5.80. The van der Waals surface area contributed by atoms with Crippen LogP contribution >= 0.6 is 0 Å². The van der Waals surface area contributed by atoms with Gasteiger partial charge in [0.1, 0.15) is 0 Å². The maximum absolute atomic E-state index is 12.5. The number of likely N-dealkylation sites (N-methyl/N-ethyl adjacent to an activating group) is 1. The normalized spacial score (nSPS) is 28.8. The Morgan fingerprint density at radius 1 is 1.24 bits per heavy atom. The molecule has 0 aromatic rings. The molecule has 2 saturated carbocycles. The predicted octanol–water partition coefficient (Wildman–Crippen LogP) is 2.13. The number of nitrogens with one attached hydrogen (secondary N) is 1. The number of hydrogen-bond donors (Lipinski definition) is 2. The fourth-order valence-electron chi connectivity index (χ4n) is 4.24. The van der Waals surface area contributed by atoms with E-state index in [4.69, 9.17) is 5.73 Å². The van der Waals surface area contributed by atoms with E-state index in [1.807, 2.05) is 0 Å². The van der Waals surface area contributed by atoms with Crippen molar-refractivity contribution < 1.29 is 4.79 Å². The van der Waals surface area contributed by atoms with Crippen molar-refractivity contribution in [3.63, 3.8) is 0 Å². The van der Waals surface area contributed by atoms with E-state index in [1.165, 1.54) is 38.5 Å². The Bertz CT molecular complexity index is 335. The van der Waals surface area contributed by atoms with Gasteiger partial charge in [0.05, 0.1) is 0 Å². The van der Waals surface area contributed by atoms with Gasteiger partial charge in [0.25, 0.3) is 0 Å². The number of carbonyl (C=O) groups is 1. The van der Waals surface area contributed by atoms with Crippen molar-refractivity contribution in [2.75, 3.05) is 27.2 Å². The number of amides is 1. The minimum atomic E-state index is 0.195. The molecular weight excluding hydrogens is 262 g/mol. The zero-order chi connectivity index (χ0) is 15.3. The van der Waals surface area contributed by atoms with Crippen molar-refractivity contribution in [3.8, 4) is 0 Å². The molecule has 0 bridgehead atoms. The lowest BCUT2D eigenvalue weighted by atomic mass is 9.79. The quantitative estimate of drug-likeness (QED) is 0.789. The zero-order valence-corrected chi connectivity index (χ0v) is 13.9. The molecule has 2 unspecified atom stereocenters. The second kappa shape index (κ2) is 7.59. The molecule has 0 aromatic carbocycles. The van der Waals surface area contributed by atoms with Crippen molar-refractivity contribution >= 4 is 5.91 Å². The number of carbonyl (C=O) groups excluding carboxylic acids is 1. The van der Waals surface area contributed by atoms with Gasteiger partial charge in [0.2, 0.25) is 5.91 Å². The zero-order valence-electron chi connectivity index (χ0n) is 13.9. The van der Waals surface area contributed by atoms with Gasteiger partial charge in [0, 0.05) is 18.0 Å². The molecule has 4 nitrogen and oxygen atoms in total. The van der Waals surface area contributed by atoms with Gasteiger partial charge < -0.3 is 16.0 Å². The van der Waals surface area contributed by atoms with E-state index < -0.39 is 0 Å². The summed E-state index contributed by atoms with van der Waals surface area (Å²) in [4.78, 5) is 14.8. The SMILES string of the molecule is CN(C)C1(CNC(=O)C2CCCC(CCN)C2)CCCC1. The van der Waals surface area contributed by atoms with Crippen LogP contribution in [-0.4, -0.2) is 43.5 Å². The molecule has 0 radical (unpaired) electrons. The van der Waals surface area contributed by atoms with Gasteiger partial charge in [0.15, 0.2) is 0 Å². The molecule has 0 aliphatic heterocycles. The fraction of sp³-hybridized carbons (Fsp3) is 0.941. The molecule has 0 spiro atoms. The predicted molar refractivity (Wildman–Crippen MR) is 87.0 cm³/mol. The third-order valence-electron chi connectivity index (χ3n) is 5.80. The summed E-state index contributed by atoms with van der Waals surface area (Å²) in [5.74, 6) is 1.16. The van der Waals surface area contributed by atoms with E-state index in [9.17, 15) is 4.79 Å². The van der Waals surface area contributed by atoms with E-state index in [-0.39, 0.29) is 17.4 Å². The van der Waals surface area contributed by atoms with Crippen LogP contribution in [0.2, 0.25) is 0 Å². The van der Waals surface area contributed by atoms with Crippen molar-refractivity contribution in [2.45, 2.75) is 63.3 Å². The summed E-state index contributed by atoms with van der Waals surface area (Å²) in [5.41, 5.74) is 5.86. The van der Waals surface area contributed by atoms with Gasteiger partial charge in [-0.15, -0.1) is 0 Å². The molecule has 4 heteroatoms. The van der Waals surface area contributed by atoms with Crippen LogP contribution in [0, 0.1) is 11.8 Å². The van der Waals surface area contributed by atoms with E-state index in [2.05, 4.69) is 24.3 Å². The molecule has 2 aliphatic rings. The summed E-state index contributed by atoms with van der Waals surface area (Å²) in [6.07, 6.45) is 10.6. The van der Waals surface area contributed by atoms with Crippen LogP contribution in [0.5, 0.6) is 0 Å². The highest BCUT2D eigenvalue weighted by Crippen LogP contribution is 2.34. The first-order chi connectivity index (χ1) is 10.1. The molecule has 1 amide bonds. The number of hydrogen-bond acceptors (Lipinski definition) is 3. The monoisotopic (exact) mass is 295 g/mol. The van der Waals surface area contributed by atoms with E-state index >= 15 is 0 Å². The third kappa shape index (κ3) is 4.19. The van der Waals surface area contributed by atoms with E-state index in [0.717, 1.165) is 32.4 Å². The average molecular weight is 295 g/mol. The Labute approximate surface area is 129 Å². The fourth-order valence-corrected chi connectivity index (χ4v) is 4.24. The first-order valence-corrected chi connectivity index (χ1v) is 8.72. The molecule has 2 atom stereocenters. The smallest absolute Gasteiger partial charge is 0.223 e.